The summed E-state index contributed by atoms with van der Waals surface area (Å²) in [5.74, 6) is 1.01. The lowest BCUT2D eigenvalue weighted by Crippen LogP contribution is -2.52. The number of hydrogen-bond acceptors (Lipinski definition) is 3. The SMILES string of the molecule is CCCC(C)(N)C(=O)N(C)CCSC. The van der Waals surface area contributed by atoms with Gasteiger partial charge in [0, 0.05) is 19.3 Å². The zero-order valence-corrected chi connectivity index (χ0v) is 10.5. The van der Waals surface area contributed by atoms with Gasteiger partial charge in [0.05, 0.1) is 5.54 Å². The Balaban J connectivity index is 4.15. The molecule has 14 heavy (non-hydrogen) atoms. The lowest BCUT2D eigenvalue weighted by atomic mass is 9.96. The smallest absolute Gasteiger partial charge is 0.242 e. The number of carbonyl (C=O) groups excluding carboxylic acids is 1. The van der Waals surface area contributed by atoms with E-state index in [1.807, 2.05) is 27.2 Å². The van der Waals surface area contributed by atoms with Crippen LogP contribution in [0.2, 0.25) is 0 Å². The van der Waals surface area contributed by atoms with E-state index in [9.17, 15) is 4.79 Å². The van der Waals surface area contributed by atoms with Crippen LogP contribution in [0.4, 0.5) is 0 Å². The molecule has 2 N–H and O–H groups in total. The predicted molar refractivity (Wildman–Crippen MR) is 63.5 cm³/mol. The van der Waals surface area contributed by atoms with E-state index in [2.05, 4.69) is 0 Å². The van der Waals surface area contributed by atoms with E-state index >= 15 is 0 Å². The molecule has 3 nitrogen and oxygen atoms in total. The molecule has 4 heteroatoms. The number of nitrogens with two attached hydrogens (primary N) is 1. The number of hydrogen-bond donors (Lipinski definition) is 1. The van der Waals surface area contributed by atoms with Crippen LogP contribution >= 0.6 is 11.8 Å². The van der Waals surface area contributed by atoms with E-state index in [1.54, 1.807) is 16.7 Å². The van der Waals surface area contributed by atoms with Crippen molar-refractivity contribution in [2.24, 2.45) is 5.73 Å². The molecule has 0 saturated carbocycles. The summed E-state index contributed by atoms with van der Waals surface area (Å²) in [7, 11) is 1.82. The maximum Gasteiger partial charge on any atom is 0.242 e. The molecule has 84 valence electrons. The van der Waals surface area contributed by atoms with Gasteiger partial charge in [-0.15, -0.1) is 0 Å². The van der Waals surface area contributed by atoms with Crippen LogP contribution in [0, 0.1) is 0 Å². The zero-order chi connectivity index (χ0) is 11.2. The molecule has 0 aliphatic rings. The zero-order valence-electron chi connectivity index (χ0n) is 9.67. The molecule has 0 rings (SSSR count). The molecule has 1 atom stereocenters. The fourth-order valence-electron chi connectivity index (χ4n) is 1.39. The molecule has 0 aliphatic carbocycles. The van der Waals surface area contributed by atoms with Crippen molar-refractivity contribution in [3.8, 4) is 0 Å². The van der Waals surface area contributed by atoms with Crippen molar-refractivity contribution in [2.75, 3.05) is 25.6 Å². The fourth-order valence-corrected chi connectivity index (χ4v) is 1.85. The Bertz CT molecular complexity index is 183. The molecular formula is C10H22N2OS. The first kappa shape index (κ1) is 13.8. The molecule has 0 fully saturated rings. The molecule has 0 spiro atoms. The van der Waals surface area contributed by atoms with E-state index in [0.29, 0.717) is 0 Å². The highest BCUT2D eigenvalue weighted by Gasteiger charge is 2.29. The van der Waals surface area contributed by atoms with Gasteiger partial charge in [0.25, 0.3) is 0 Å². The van der Waals surface area contributed by atoms with E-state index < -0.39 is 5.54 Å². The average Bonchev–Trinajstić information content (AvgIpc) is 2.12. The maximum absolute atomic E-state index is 11.9. The molecule has 0 aliphatic heterocycles. The van der Waals surface area contributed by atoms with Gasteiger partial charge in [-0.1, -0.05) is 13.3 Å². The van der Waals surface area contributed by atoms with Gasteiger partial charge in [0.15, 0.2) is 0 Å². The summed E-state index contributed by atoms with van der Waals surface area (Å²) in [5.41, 5.74) is 5.25. The van der Waals surface area contributed by atoms with Crippen LogP contribution in [0.25, 0.3) is 0 Å². The highest BCUT2D eigenvalue weighted by Crippen LogP contribution is 2.12. The highest BCUT2D eigenvalue weighted by atomic mass is 32.2. The van der Waals surface area contributed by atoms with Crippen molar-refractivity contribution in [3.63, 3.8) is 0 Å². The van der Waals surface area contributed by atoms with Crippen molar-refractivity contribution in [1.29, 1.82) is 0 Å². The number of amides is 1. The maximum atomic E-state index is 11.9. The predicted octanol–water partition coefficient (Wildman–Crippen LogP) is 1.33. The molecule has 0 saturated heterocycles. The van der Waals surface area contributed by atoms with Crippen molar-refractivity contribution in [3.05, 3.63) is 0 Å². The van der Waals surface area contributed by atoms with Crippen LogP contribution in [-0.4, -0.2) is 41.9 Å². The summed E-state index contributed by atoms with van der Waals surface area (Å²) in [6.45, 7) is 4.63. The monoisotopic (exact) mass is 218 g/mol. The highest BCUT2D eigenvalue weighted by molar-refractivity contribution is 7.98. The third-order valence-electron chi connectivity index (χ3n) is 2.24. The number of carbonyl (C=O) groups is 1. The van der Waals surface area contributed by atoms with Gasteiger partial charge in [-0.2, -0.15) is 11.8 Å². The molecule has 0 aromatic carbocycles. The van der Waals surface area contributed by atoms with Gasteiger partial charge in [0.2, 0.25) is 5.91 Å². The van der Waals surface area contributed by atoms with Gasteiger partial charge in [0.1, 0.15) is 0 Å². The Morgan fingerprint density at radius 3 is 2.57 bits per heavy atom. The molecule has 1 amide bonds. The number of nitrogens with zero attached hydrogens (tertiary/aromatic N) is 1. The van der Waals surface area contributed by atoms with Crippen LogP contribution in [0.15, 0.2) is 0 Å². The summed E-state index contributed by atoms with van der Waals surface area (Å²) in [5, 5.41) is 0. The quantitative estimate of drug-likeness (QED) is 0.731. The summed E-state index contributed by atoms with van der Waals surface area (Å²) in [4.78, 5) is 13.6. The van der Waals surface area contributed by atoms with Crippen LogP contribution in [-0.2, 0) is 4.79 Å². The van der Waals surface area contributed by atoms with Crippen LogP contribution in [0.1, 0.15) is 26.7 Å². The molecule has 1 unspecified atom stereocenters. The first-order valence-electron chi connectivity index (χ1n) is 4.99. The Hall–Kier alpha value is -0.220. The van der Waals surface area contributed by atoms with E-state index in [1.165, 1.54) is 0 Å². The fraction of sp³-hybridized carbons (Fsp3) is 0.900. The second kappa shape index (κ2) is 6.30. The molecule has 0 heterocycles. The van der Waals surface area contributed by atoms with E-state index in [-0.39, 0.29) is 5.91 Å². The van der Waals surface area contributed by atoms with E-state index in [4.69, 9.17) is 5.73 Å². The van der Waals surface area contributed by atoms with Gasteiger partial charge in [-0.3, -0.25) is 4.79 Å². The van der Waals surface area contributed by atoms with Crippen molar-refractivity contribution in [1.82, 2.24) is 4.90 Å². The first-order valence-corrected chi connectivity index (χ1v) is 6.38. The van der Waals surface area contributed by atoms with E-state index in [0.717, 1.165) is 25.1 Å². The van der Waals surface area contributed by atoms with Crippen molar-refractivity contribution >= 4 is 17.7 Å². The van der Waals surface area contributed by atoms with Gasteiger partial charge < -0.3 is 10.6 Å². The molecular weight excluding hydrogens is 196 g/mol. The van der Waals surface area contributed by atoms with Crippen molar-refractivity contribution in [2.45, 2.75) is 32.2 Å². The Morgan fingerprint density at radius 1 is 1.57 bits per heavy atom. The third-order valence-corrected chi connectivity index (χ3v) is 2.83. The van der Waals surface area contributed by atoms with Crippen LogP contribution in [0.3, 0.4) is 0 Å². The third kappa shape index (κ3) is 4.33. The molecule has 0 aromatic heterocycles. The van der Waals surface area contributed by atoms with Gasteiger partial charge in [-0.25, -0.2) is 0 Å². The number of thioether (sulfide) groups is 1. The second-order valence-electron chi connectivity index (χ2n) is 3.89. The normalized spacial score (nSPS) is 14.9. The van der Waals surface area contributed by atoms with Crippen LogP contribution < -0.4 is 5.73 Å². The molecule has 0 aromatic rings. The minimum absolute atomic E-state index is 0.0494. The minimum Gasteiger partial charge on any atom is -0.343 e. The lowest BCUT2D eigenvalue weighted by Gasteiger charge is -2.28. The average molecular weight is 218 g/mol. The molecule has 0 bridgehead atoms. The second-order valence-corrected chi connectivity index (χ2v) is 4.87. The van der Waals surface area contributed by atoms with Gasteiger partial charge >= 0.3 is 0 Å². The Kier molecular flexibility index (Phi) is 6.20. The summed E-state index contributed by atoms with van der Waals surface area (Å²) >= 11 is 1.74. The van der Waals surface area contributed by atoms with Crippen molar-refractivity contribution < 1.29 is 4.79 Å². The lowest BCUT2D eigenvalue weighted by molar-refractivity contribution is -0.135. The number of rotatable bonds is 6. The first-order chi connectivity index (χ1) is 6.45. The largest absolute Gasteiger partial charge is 0.343 e. The summed E-state index contributed by atoms with van der Waals surface area (Å²) < 4.78 is 0. The summed E-state index contributed by atoms with van der Waals surface area (Å²) in [6.07, 6.45) is 3.72. The Labute approximate surface area is 91.4 Å². The Morgan fingerprint density at radius 2 is 2.14 bits per heavy atom. The number of likely N-dealkylation sites (N-methyl/N-ethyl adjacent to an activating group) is 1. The molecule has 0 radical (unpaired) electrons. The summed E-state index contributed by atoms with van der Waals surface area (Å²) in [6, 6.07) is 0. The topological polar surface area (TPSA) is 46.3 Å². The standard InChI is InChI=1S/C10H22N2OS/c1-5-6-10(2,11)9(13)12(3)7-8-14-4/h5-8,11H2,1-4H3. The van der Waals surface area contributed by atoms with Crippen LogP contribution in [0.5, 0.6) is 0 Å². The van der Waals surface area contributed by atoms with Gasteiger partial charge in [-0.05, 0) is 19.6 Å². The minimum atomic E-state index is -0.693.